The van der Waals surface area contributed by atoms with E-state index in [0.29, 0.717) is 18.8 Å². The van der Waals surface area contributed by atoms with Crippen molar-refractivity contribution in [3.05, 3.63) is 102 Å². The first-order valence-electron chi connectivity index (χ1n) is 13.2. The van der Waals surface area contributed by atoms with Crippen molar-refractivity contribution >= 4 is 17.3 Å². The molecule has 2 N–H and O–H groups in total. The Balaban J connectivity index is 1.39. The normalized spacial score (nSPS) is 11.2. The molecule has 0 aliphatic rings. The average Bonchev–Trinajstić information content (AvgIpc) is 3.29. The van der Waals surface area contributed by atoms with Crippen molar-refractivity contribution in [3.63, 3.8) is 0 Å². The maximum Gasteiger partial charge on any atom is 0.272 e. The van der Waals surface area contributed by atoms with Gasteiger partial charge in [-0.3, -0.25) is 9.48 Å². The molecule has 4 aromatic rings. The minimum absolute atomic E-state index is 0.161. The lowest BCUT2D eigenvalue weighted by Gasteiger charge is -2.08. The van der Waals surface area contributed by atoms with Gasteiger partial charge in [-0.15, -0.1) is 0 Å². The van der Waals surface area contributed by atoms with Crippen molar-refractivity contribution < 1.29 is 9.90 Å². The number of amides is 1. The van der Waals surface area contributed by atoms with Gasteiger partial charge in [0, 0.05) is 30.8 Å². The minimum Gasteiger partial charge on any atom is -0.396 e. The van der Waals surface area contributed by atoms with E-state index in [4.69, 9.17) is 10.2 Å². The smallest absolute Gasteiger partial charge is 0.272 e. The number of rotatable bonds is 13. The van der Waals surface area contributed by atoms with E-state index in [1.807, 2.05) is 90.5 Å². The number of nitrogens with zero attached hydrogens (tertiary/aromatic N) is 4. The van der Waals surface area contributed by atoms with Gasteiger partial charge in [0.1, 0.15) is 0 Å². The highest BCUT2D eigenvalue weighted by atomic mass is 16.2. The van der Waals surface area contributed by atoms with E-state index in [0.717, 1.165) is 65.9 Å². The molecule has 4 rings (SSSR count). The third-order valence-electron chi connectivity index (χ3n) is 6.41. The van der Waals surface area contributed by atoms with Crippen LogP contribution in [0.2, 0.25) is 0 Å². The van der Waals surface area contributed by atoms with Crippen LogP contribution in [-0.4, -0.2) is 33.9 Å². The Kier molecular flexibility index (Phi) is 9.93. The van der Waals surface area contributed by atoms with Gasteiger partial charge in [0.25, 0.3) is 5.91 Å². The SMILES string of the molecule is Cc1c(C(=O)NCCCc2ccccc2N=Nc2ccccc2)nn(CCCCCO)c1-c1ccccc1. The molecule has 0 radical (unpaired) electrons. The fourth-order valence-corrected chi connectivity index (χ4v) is 4.43. The predicted octanol–water partition coefficient (Wildman–Crippen LogP) is 6.80. The van der Waals surface area contributed by atoms with Crippen molar-refractivity contribution in [3.8, 4) is 11.3 Å². The van der Waals surface area contributed by atoms with Gasteiger partial charge >= 0.3 is 0 Å². The largest absolute Gasteiger partial charge is 0.396 e. The summed E-state index contributed by atoms with van der Waals surface area (Å²) in [7, 11) is 0. The van der Waals surface area contributed by atoms with E-state index < -0.39 is 0 Å². The topological polar surface area (TPSA) is 91.9 Å². The molecule has 0 aliphatic carbocycles. The number of aromatic nitrogens is 2. The summed E-state index contributed by atoms with van der Waals surface area (Å²) >= 11 is 0. The quantitative estimate of drug-likeness (QED) is 0.153. The number of unbranched alkanes of at least 4 members (excludes halogenated alkanes) is 2. The summed E-state index contributed by atoms with van der Waals surface area (Å²) in [6.45, 7) is 3.39. The molecule has 0 spiro atoms. The standard InChI is InChI=1S/C31H35N5O2/c1-24-29(35-36(22-11-4-12-23-37)30(24)26-15-5-2-6-16-26)31(38)32-21-13-17-25-14-9-10-20-28(25)34-33-27-18-7-3-8-19-27/h2-3,5-10,14-16,18-20,37H,4,11-13,17,21-23H2,1H3,(H,32,38). The Morgan fingerprint density at radius 2 is 1.58 bits per heavy atom. The number of hydrogen-bond donors (Lipinski definition) is 2. The molecular formula is C31H35N5O2. The highest BCUT2D eigenvalue weighted by Gasteiger charge is 2.20. The molecule has 3 aromatic carbocycles. The average molecular weight is 510 g/mol. The summed E-state index contributed by atoms with van der Waals surface area (Å²) in [4.78, 5) is 13.1. The van der Waals surface area contributed by atoms with Gasteiger partial charge in [-0.2, -0.15) is 15.3 Å². The van der Waals surface area contributed by atoms with E-state index in [1.54, 1.807) is 0 Å². The lowest BCUT2D eigenvalue weighted by atomic mass is 10.1. The Labute approximate surface area is 224 Å². The minimum atomic E-state index is -0.161. The van der Waals surface area contributed by atoms with Crippen LogP contribution in [-0.2, 0) is 13.0 Å². The second-order valence-electron chi connectivity index (χ2n) is 9.22. The zero-order valence-corrected chi connectivity index (χ0v) is 21.9. The lowest BCUT2D eigenvalue weighted by Crippen LogP contribution is -2.26. The lowest BCUT2D eigenvalue weighted by molar-refractivity contribution is 0.0946. The number of benzene rings is 3. The van der Waals surface area contributed by atoms with Crippen molar-refractivity contribution in [1.29, 1.82) is 0 Å². The van der Waals surface area contributed by atoms with Crippen LogP contribution in [0, 0.1) is 6.92 Å². The van der Waals surface area contributed by atoms with Crippen LogP contribution in [0.15, 0.2) is 95.2 Å². The number of nitrogens with one attached hydrogen (secondary N) is 1. The molecule has 0 saturated carbocycles. The van der Waals surface area contributed by atoms with Gasteiger partial charge in [0.15, 0.2) is 5.69 Å². The van der Waals surface area contributed by atoms with Gasteiger partial charge < -0.3 is 10.4 Å². The van der Waals surface area contributed by atoms with E-state index in [1.165, 1.54) is 0 Å². The Bertz CT molecular complexity index is 1330. The number of hydrogen-bond acceptors (Lipinski definition) is 5. The first-order chi connectivity index (χ1) is 18.7. The molecule has 38 heavy (non-hydrogen) atoms. The molecule has 7 heteroatoms. The molecule has 1 heterocycles. The number of carbonyl (C=O) groups excluding carboxylic acids is 1. The molecule has 0 unspecified atom stereocenters. The monoisotopic (exact) mass is 509 g/mol. The van der Waals surface area contributed by atoms with E-state index in [9.17, 15) is 4.79 Å². The summed E-state index contributed by atoms with van der Waals surface area (Å²) in [5, 5.41) is 25.6. The van der Waals surface area contributed by atoms with Gasteiger partial charge in [-0.1, -0.05) is 66.7 Å². The molecule has 1 amide bonds. The number of azo groups is 1. The number of carbonyl (C=O) groups is 1. The van der Waals surface area contributed by atoms with Gasteiger partial charge in [0.2, 0.25) is 0 Å². The molecule has 0 atom stereocenters. The third-order valence-corrected chi connectivity index (χ3v) is 6.41. The van der Waals surface area contributed by atoms with Crippen LogP contribution in [0.25, 0.3) is 11.3 Å². The van der Waals surface area contributed by atoms with Crippen molar-refractivity contribution in [2.24, 2.45) is 10.2 Å². The van der Waals surface area contributed by atoms with Crippen molar-refractivity contribution in [2.75, 3.05) is 13.2 Å². The maximum absolute atomic E-state index is 13.1. The third kappa shape index (κ3) is 7.23. The summed E-state index contributed by atoms with van der Waals surface area (Å²) in [6.07, 6.45) is 4.13. The second-order valence-corrected chi connectivity index (χ2v) is 9.22. The van der Waals surface area contributed by atoms with Crippen LogP contribution < -0.4 is 5.32 Å². The van der Waals surface area contributed by atoms with Crippen molar-refractivity contribution in [1.82, 2.24) is 15.1 Å². The molecule has 7 nitrogen and oxygen atoms in total. The molecule has 1 aromatic heterocycles. The summed E-state index contributed by atoms with van der Waals surface area (Å²) in [5.74, 6) is -0.161. The summed E-state index contributed by atoms with van der Waals surface area (Å²) in [5.41, 5.74) is 6.10. The Morgan fingerprint density at radius 1 is 0.868 bits per heavy atom. The van der Waals surface area contributed by atoms with Crippen LogP contribution in [0.1, 0.15) is 47.3 Å². The van der Waals surface area contributed by atoms with Crippen molar-refractivity contribution in [2.45, 2.75) is 45.6 Å². The first kappa shape index (κ1) is 26.9. The molecule has 196 valence electrons. The zero-order chi connectivity index (χ0) is 26.6. The molecular weight excluding hydrogens is 474 g/mol. The van der Waals surface area contributed by atoms with Gasteiger partial charge in [-0.25, -0.2) is 0 Å². The highest BCUT2D eigenvalue weighted by molar-refractivity contribution is 5.95. The Hall–Kier alpha value is -4.10. The fraction of sp³-hybridized carbons (Fsp3) is 0.290. The summed E-state index contributed by atoms with van der Waals surface area (Å²) in [6, 6.07) is 27.7. The van der Waals surface area contributed by atoms with Crippen LogP contribution in [0.3, 0.4) is 0 Å². The Morgan fingerprint density at radius 3 is 2.34 bits per heavy atom. The number of aliphatic hydroxyl groups excluding tert-OH is 1. The zero-order valence-electron chi connectivity index (χ0n) is 21.9. The highest BCUT2D eigenvalue weighted by Crippen LogP contribution is 2.27. The molecule has 0 fully saturated rings. The van der Waals surface area contributed by atoms with Gasteiger partial charge in [0.05, 0.1) is 17.1 Å². The number of aryl methyl sites for hydroxylation is 2. The van der Waals surface area contributed by atoms with Crippen LogP contribution in [0.4, 0.5) is 11.4 Å². The summed E-state index contributed by atoms with van der Waals surface area (Å²) < 4.78 is 1.94. The predicted molar refractivity (Wildman–Crippen MR) is 151 cm³/mol. The number of aliphatic hydroxyl groups is 1. The second kappa shape index (κ2) is 14.0. The molecule has 0 bridgehead atoms. The molecule has 0 saturated heterocycles. The van der Waals surface area contributed by atoms with E-state index >= 15 is 0 Å². The fourth-order valence-electron chi connectivity index (χ4n) is 4.43. The van der Waals surface area contributed by atoms with Gasteiger partial charge in [-0.05, 0) is 62.8 Å². The maximum atomic E-state index is 13.1. The van der Waals surface area contributed by atoms with E-state index in [-0.39, 0.29) is 12.5 Å². The van der Waals surface area contributed by atoms with Crippen LogP contribution >= 0.6 is 0 Å². The van der Waals surface area contributed by atoms with E-state index in [2.05, 4.69) is 21.6 Å². The van der Waals surface area contributed by atoms with Crippen LogP contribution in [0.5, 0.6) is 0 Å². The first-order valence-corrected chi connectivity index (χ1v) is 13.2. The molecule has 0 aliphatic heterocycles.